The van der Waals surface area contributed by atoms with Crippen molar-refractivity contribution in [1.29, 1.82) is 0 Å². The van der Waals surface area contributed by atoms with Crippen LogP contribution in [0, 0.1) is 12.7 Å². The largest absolute Gasteiger partial charge is 0.457 e. The van der Waals surface area contributed by atoms with Gasteiger partial charge < -0.3 is 15.0 Å². The van der Waals surface area contributed by atoms with Crippen LogP contribution in [0.2, 0.25) is 0 Å². The molecule has 0 saturated carbocycles. The zero-order valence-electron chi connectivity index (χ0n) is 19.7. The van der Waals surface area contributed by atoms with Crippen LogP contribution in [0.1, 0.15) is 42.2 Å². The number of ether oxygens (including phenoxy) is 1. The second-order valence-electron chi connectivity index (χ2n) is 8.38. The van der Waals surface area contributed by atoms with Gasteiger partial charge in [-0.05, 0) is 80.4 Å². The number of carbonyl (C=O) groups excluding carboxylic acids is 1. The van der Waals surface area contributed by atoms with Crippen LogP contribution in [0.15, 0.2) is 60.7 Å². The Morgan fingerprint density at radius 1 is 1.00 bits per heavy atom. The highest BCUT2D eigenvalue weighted by atomic mass is 19.1. The molecule has 0 bridgehead atoms. The normalized spacial score (nSPS) is 11.8. The van der Waals surface area contributed by atoms with Crippen molar-refractivity contribution in [2.45, 2.75) is 33.1 Å². The first kappa shape index (κ1) is 24.4. The van der Waals surface area contributed by atoms with Crippen LogP contribution in [-0.2, 0) is 0 Å². The molecule has 1 heterocycles. The molecular weight excluding hydrogens is 417 g/mol. The van der Waals surface area contributed by atoms with Crippen molar-refractivity contribution < 1.29 is 18.8 Å². The first-order chi connectivity index (χ1) is 15.9. The molecule has 33 heavy (non-hydrogen) atoms. The van der Waals surface area contributed by atoms with Crippen LogP contribution in [0.4, 0.5) is 4.39 Å². The number of pyridine rings is 1. The van der Waals surface area contributed by atoms with Crippen molar-refractivity contribution in [3.8, 4) is 22.8 Å². The van der Waals surface area contributed by atoms with E-state index in [2.05, 4.69) is 24.3 Å². The van der Waals surface area contributed by atoms with Crippen LogP contribution < -0.4 is 15.0 Å². The van der Waals surface area contributed by atoms with Gasteiger partial charge in [0.1, 0.15) is 17.3 Å². The van der Waals surface area contributed by atoms with Crippen LogP contribution in [-0.4, -0.2) is 37.6 Å². The lowest BCUT2D eigenvalue weighted by molar-refractivity contribution is -0.878. The average molecular weight is 451 g/mol. The number of quaternary nitrogens is 1. The van der Waals surface area contributed by atoms with Gasteiger partial charge in [-0.3, -0.25) is 9.78 Å². The summed E-state index contributed by atoms with van der Waals surface area (Å²) >= 11 is 0. The number of halogens is 1. The molecule has 0 spiro atoms. The molecule has 3 rings (SSSR count). The zero-order chi connectivity index (χ0) is 23.6. The predicted molar refractivity (Wildman–Crippen MR) is 129 cm³/mol. The Kier molecular flexibility index (Phi) is 8.95. The first-order valence-electron chi connectivity index (χ1n) is 11.6. The third-order valence-corrected chi connectivity index (χ3v) is 5.46. The standard InChI is InChI=1S/C27H32FN3O2/c1-4-5-6-16-31(3)17-15-29-27(32)22-18-20(2)30-26(19-22)21-7-11-24(12-8-21)33-25-13-9-23(28)10-14-25/h7-14,18-19H,4-6,15-17H2,1-3H3,(H,29,32)/p+1. The zero-order valence-corrected chi connectivity index (χ0v) is 19.7. The van der Waals surface area contributed by atoms with Crippen LogP contribution in [0.3, 0.4) is 0 Å². The van der Waals surface area contributed by atoms with Crippen molar-refractivity contribution in [1.82, 2.24) is 10.3 Å². The topological polar surface area (TPSA) is 55.7 Å². The second-order valence-corrected chi connectivity index (χ2v) is 8.38. The van der Waals surface area contributed by atoms with E-state index in [0.717, 1.165) is 30.0 Å². The van der Waals surface area contributed by atoms with Gasteiger partial charge in [0.2, 0.25) is 0 Å². The number of carbonyl (C=O) groups is 1. The Hall–Kier alpha value is -3.25. The van der Waals surface area contributed by atoms with E-state index >= 15 is 0 Å². The molecular formula is C27H33FN3O2+. The fourth-order valence-corrected chi connectivity index (χ4v) is 3.57. The molecule has 1 unspecified atom stereocenters. The summed E-state index contributed by atoms with van der Waals surface area (Å²) in [5.41, 5.74) is 3.01. The molecule has 1 aromatic heterocycles. The molecule has 174 valence electrons. The minimum Gasteiger partial charge on any atom is -0.457 e. The van der Waals surface area contributed by atoms with Gasteiger partial charge in [0, 0.05) is 16.8 Å². The minimum atomic E-state index is -0.302. The van der Waals surface area contributed by atoms with Crippen molar-refractivity contribution in [2.24, 2.45) is 0 Å². The highest BCUT2D eigenvalue weighted by Gasteiger charge is 2.11. The van der Waals surface area contributed by atoms with Gasteiger partial charge in [-0.2, -0.15) is 0 Å². The Balaban J connectivity index is 1.61. The van der Waals surface area contributed by atoms with Crippen molar-refractivity contribution in [3.05, 3.63) is 77.7 Å². The predicted octanol–water partition coefficient (Wildman–Crippen LogP) is 4.42. The number of aryl methyl sites for hydroxylation is 1. The van der Waals surface area contributed by atoms with E-state index in [1.54, 1.807) is 12.1 Å². The summed E-state index contributed by atoms with van der Waals surface area (Å²) in [5.74, 6) is 0.818. The van der Waals surface area contributed by atoms with Gasteiger partial charge in [-0.25, -0.2) is 4.39 Å². The number of benzene rings is 2. The number of likely N-dealkylation sites (N-methyl/N-ethyl adjacent to an activating group) is 1. The molecule has 1 atom stereocenters. The summed E-state index contributed by atoms with van der Waals surface area (Å²) in [4.78, 5) is 18.7. The summed E-state index contributed by atoms with van der Waals surface area (Å²) in [7, 11) is 2.17. The number of nitrogens with zero attached hydrogens (tertiary/aromatic N) is 1. The highest BCUT2D eigenvalue weighted by Crippen LogP contribution is 2.26. The van der Waals surface area contributed by atoms with Gasteiger partial charge >= 0.3 is 0 Å². The summed E-state index contributed by atoms with van der Waals surface area (Å²) in [6.07, 6.45) is 3.69. The van der Waals surface area contributed by atoms with E-state index in [1.165, 1.54) is 36.3 Å². The number of aromatic nitrogens is 1. The molecule has 0 aliphatic carbocycles. The third kappa shape index (κ3) is 7.68. The van der Waals surface area contributed by atoms with Crippen molar-refractivity contribution in [2.75, 3.05) is 26.7 Å². The minimum absolute atomic E-state index is 0.0839. The van der Waals surface area contributed by atoms with Crippen LogP contribution >= 0.6 is 0 Å². The highest BCUT2D eigenvalue weighted by molar-refractivity contribution is 5.95. The van der Waals surface area contributed by atoms with E-state index in [1.807, 2.05) is 43.3 Å². The molecule has 3 aromatic rings. The number of unbranched alkanes of at least 4 members (excludes halogenated alkanes) is 2. The molecule has 0 radical (unpaired) electrons. The van der Waals surface area contributed by atoms with Crippen molar-refractivity contribution in [3.63, 3.8) is 0 Å². The lowest BCUT2D eigenvalue weighted by Gasteiger charge is -2.14. The lowest BCUT2D eigenvalue weighted by Crippen LogP contribution is -3.09. The van der Waals surface area contributed by atoms with E-state index in [-0.39, 0.29) is 11.7 Å². The van der Waals surface area contributed by atoms with Gasteiger partial charge in [-0.15, -0.1) is 0 Å². The first-order valence-corrected chi connectivity index (χ1v) is 11.6. The SMILES string of the molecule is CCCCC[NH+](C)CCNC(=O)c1cc(C)nc(-c2ccc(Oc3ccc(F)cc3)cc2)c1. The van der Waals surface area contributed by atoms with E-state index < -0.39 is 0 Å². The van der Waals surface area contributed by atoms with Gasteiger partial charge in [0.05, 0.1) is 32.4 Å². The molecule has 6 heteroatoms. The monoisotopic (exact) mass is 450 g/mol. The number of rotatable bonds is 11. The molecule has 2 aromatic carbocycles. The van der Waals surface area contributed by atoms with Gasteiger partial charge in [-0.1, -0.05) is 13.3 Å². The van der Waals surface area contributed by atoms with Gasteiger partial charge in [0.25, 0.3) is 5.91 Å². The molecule has 0 aliphatic rings. The fraction of sp³-hybridized carbons (Fsp3) is 0.333. The Labute approximate surface area is 195 Å². The number of amides is 1. The summed E-state index contributed by atoms with van der Waals surface area (Å²) < 4.78 is 18.8. The van der Waals surface area contributed by atoms with E-state index in [0.29, 0.717) is 23.6 Å². The fourth-order valence-electron chi connectivity index (χ4n) is 3.57. The Morgan fingerprint density at radius 3 is 2.33 bits per heavy atom. The lowest BCUT2D eigenvalue weighted by atomic mass is 10.1. The summed E-state index contributed by atoms with van der Waals surface area (Å²) in [6.45, 7) is 6.77. The van der Waals surface area contributed by atoms with Crippen LogP contribution in [0.25, 0.3) is 11.3 Å². The van der Waals surface area contributed by atoms with Crippen LogP contribution in [0.5, 0.6) is 11.5 Å². The third-order valence-electron chi connectivity index (χ3n) is 5.46. The van der Waals surface area contributed by atoms with Crippen molar-refractivity contribution >= 4 is 5.91 Å². The van der Waals surface area contributed by atoms with Gasteiger partial charge in [0.15, 0.2) is 0 Å². The maximum absolute atomic E-state index is 13.1. The number of hydrogen-bond donors (Lipinski definition) is 2. The number of hydrogen-bond acceptors (Lipinski definition) is 3. The summed E-state index contributed by atoms with van der Waals surface area (Å²) in [6, 6.07) is 17.0. The quantitative estimate of drug-likeness (QED) is 0.425. The Bertz CT molecular complexity index is 1040. The van der Waals surface area contributed by atoms with E-state index in [9.17, 15) is 9.18 Å². The average Bonchev–Trinajstić information content (AvgIpc) is 2.81. The maximum Gasteiger partial charge on any atom is 0.251 e. The number of nitrogens with one attached hydrogen (secondary N) is 2. The molecule has 1 amide bonds. The second kappa shape index (κ2) is 12.1. The molecule has 0 aliphatic heterocycles. The Morgan fingerprint density at radius 2 is 1.67 bits per heavy atom. The smallest absolute Gasteiger partial charge is 0.251 e. The summed E-state index contributed by atoms with van der Waals surface area (Å²) in [5, 5.41) is 3.03. The molecule has 2 N–H and O–H groups in total. The molecule has 0 fully saturated rings. The van der Waals surface area contributed by atoms with E-state index in [4.69, 9.17) is 4.74 Å². The maximum atomic E-state index is 13.1. The molecule has 0 saturated heterocycles. The molecule has 5 nitrogen and oxygen atoms in total.